The second kappa shape index (κ2) is 12.6. The van der Waals surface area contributed by atoms with E-state index in [4.69, 9.17) is 6.42 Å². The first-order valence-corrected chi connectivity index (χ1v) is 17.3. The number of para-hydroxylation sites is 3. The summed E-state index contributed by atoms with van der Waals surface area (Å²) >= 11 is 0. The Labute approximate surface area is 297 Å². The molecule has 0 N–H and O–H groups in total. The molecule has 51 heavy (non-hydrogen) atoms. The zero-order chi connectivity index (χ0) is 34.3. The Morgan fingerprint density at radius 2 is 1.02 bits per heavy atom. The Kier molecular flexibility index (Phi) is 7.46. The summed E-state index contributed by atoms with van der Waals surface area (Å²) in [6.07, 6.45) is 11.3. The molecule has 0 saturated carbocycles. The molecule has 0 fully saturated rings. The van der Waals surface area contributed by atoms with E-state index < -0.39 is 0 Å². The molecule has 0 saturated heterocycles. The Morgan fingerprint density at radius 1 is 0.490 bits per heavy atom. The van der Waals surface area contributed by atoms with Gasteiger partial charge in [0.1, 0.15) is 0 Å². The predicted molar refractivity (Wildman–Crippen MR) is 218 cm³/mol. The number of rotatable bonds is 6. The lowest BCUT2D eigenvalue weighted by Gasteiger charge is -2.10. The number of allylic oxidation sites excluding steroid dienone is 4. The van der Waals surface area contributed by atoms with Crippen LogP contribution in [0, 0.1) is 12.3 Å². The van der Waals surface area contributed by atoms with Crippen LogP contribution in [-0.2, 0) is 0 Å². The Hall–Kier alpha value is -6.82. The largest absolute Gasteiger partial charge is 0.309 e. The van der Waals surface area contributed by atoms with Gasteiger partial charge in [-0.3, -0.25) is 0 Å². The van der Waals surface area contributed by atoms with E-state index >= 15 is 0 Å². The first-order valence-electron chi connectivity index (χ1n) is 17.3. The van der Waals surface area contributed by atoms with E-state index in [0.717, 1.165) is 22.5 Å². The van der Waals surface area contributed by atoms with Gasteiger partial charge in [0, 0.05) is 32.9 Å². The highest BCUT2D eigenvalue weighted by Crippen LogP contribution is 2.43. The van der Waals surface area contributed by atoms with E-state index in [-0.39, 0.29) is 0 Å². The van der Waals surface area contributed by atoms with Crippen molar-refractivity contribution >= 4 is 49.2 Å². The molecule has 0 unspecified atom stereocenters. The Balaban J connectivity index is 1.26. The first kappa shape index (κ1) is 30.3. The van der Waals surface area contributed by atoms with Gasteiger partial charge in [0.25, 0.3) is 0 Å². The van der Waals surface area contributed by atoms with Gasteiger partial charge in [0.2, 0.25) is 0 Å². The van der Waals surface area contributed by atoms with Gasteiger partial charge in [-0.25, -0.2) is 0 Å². The van der Waals surface area contributed by atoms with Crippen molar-refractivity contribution in [3.05, 3.63) is 188 Å². The van der Waals surface area contributed by atoms with E-state index in [1.807, 2.05) is 13.0 Å². The maximum atomic E-state index is 5.46. The summed E-state index contributed by atoms with van der Waals surface area (Å²) in [4.78, 5) is 0. The standard InChI is InChI=1S/C49H34N2/c1-3-5-15-34(4-2)35-24-26-36(27-25-35)37-16-14-17-38(32-37)39-28-29-45-43(33-39)49-47(51(45)41-20-10-7-11-21-41)31-30-46-48(49)42-22-12-13-23-44(42)50(46)40-18-8-6-9-19-40/h1,4-33H,2H3/b15-5-,34-4+. The number of nitrogens with zero attached hydrogens (tertiary/aromatic N) is 2. The summed E-state index contributed by atoms with van der Waals surface area (Å²) in [7, 11) is 0. The molecule has 0 radical (unpaired) electrons. The van der Waals surface area contributed by atoms with Gasteiger partial charge in [0.15, 0.2) is 0 Å². The second-order valence-corrected chi connectivity index (χ2v) is 12.8. The zero-order valence-corrected chi connectivity index (χ0v) is 28.3. The van der Waals surface area contributed by atoms with Gasteiger partial charge in [-0.05, 0) is 113 Å². The van der Waals surface area contributed by atoms with Crippen LogP contribution in [0.1, 0.15) is 12.5 Å². The quantitative estimate of drug-likeness (QED) is 0.125. The summed E-state index contributed by atoms with van der Waals surface area (Å²) in [5.41, 5.74) is 14.1. The molecule has 9 rings (SSSR count). The lowest BCUT2D eigenvalue weighted by atomic mass is 9.96. The van der Waals surface area contributed by atoms with Crippen LogP contribution >= 0.6 is 0 Å². The summed E-state index contributed by atoms with van der Waals surface area (Å²) in [6, 6.07) is 59.3. The molecule has 2 heterocycles. The van der Waals surface area contributed by atoms with Crippen LogP contribution in [0.2, 0.25) is 0 Å². The van der Waals surface area contributed by atoms with Crippen LogP contribution in [0.15, 0.2) is 182 Å². The van der Waals surface area contributed by atoms with Gasteiger partial charge in [-0.2, -0.15) is 0 Å². The summed E-state index contributed by atoms with van der Waals surface area (Å²) in [5, 5.41) is 5.03. The van der Waals surface area contributed by atoms with Crippen LogP contribution in [0.25, 0.3) is 82.8 Å². The monoisotopic (exact) mass is 650 g/mol. The number of fused-ring (bicyclic) bond motifs is 7. The zero-order valence-electron chi connectivity index (χ0n) is 28.3. The van der Waals surface area contributed by atoms with Gasteiger partial charge in [-0.1, -0.05) is 115 Å². The van der Waals surface area contributed by atoms with Gasteiger partial charge in [0.05, 0.1) is 22.1 Å². The van der Waals surface area contributed by atoms with Crippen LogP contribution in [0.5, 0.6) is 0 Å². The normalized spacial score (nSPS) is 12.0. The molecule has 0 spiro atoms. The molecular weight excluding hydrogens is 617 g/mol. The lowest BCUT2D eigenvalue weighted by Crippen LogP contribution is -1.94. The van der Waals surface area contributed by atoms with Crippen LogP contribution in [0.4, 0.5) is 0 Å². The van der Waals surface area contributed by atoms with Crippen molar-refractivity contribution in [2.45, 2.75) is 6.92 Å². The average molecular weight is 651 g/mol. The molecule has 0 atom stereocenters. The van der Waals surface area contributed by atoms with Crippen molar-refractivity contribution in [3.8, 4) is 46.0 Å². The van der Waals surface area contributed by atoms with Crippen molar-refractivity contribution in [1.82, 2.24) is 9.13 Å². The summed E-state index contributed by atoms with van der Waals surface area (Å²) in [5.74, 6) is 2.59. The van der Waals surface area contributed by atoms with E-state index in [9.17, 15) is 0 Å². The maximum Gasteiger partial charge on any atom is 0.0548 e. The van der Waals surface area contributed by atoms with Gasteiger partial charge >= 0.3 is 0 Å². The van der Waals surface area contributed by atoms with Crippen LogP contribution in [-0.4, -0.2) is 9.13 Å². The molecule has 7 aromatic carbocycles. The summed E-state index contributed by atoms with van der Waals surface area (Å²) < 4.78 is 4.82. The minimum Gasteiger partial charge on any atom is -0.309 e. The molecule has 0 aliphatic rings. The molecule has 0 aliphatic heterocycles. The predicted octanol–water partition coefficient (Wildman–Crippen LogP) is 12.8. The van der Waals surface area contributed by atoms with E-state index in [2.05, 4.69) is 185 Å². The fourth-order valence-electron chi connectivity index (χ4n) is 7.69. The molecule has 240 valence electrons. The Bertz CT molecular complexity index is 2840. The van der Waals surface area contributed by atoms with Crippen LogP contribution in [0.3, 0.4) is 0 Å². The number of hydrogen-bond acceptors (Lipinski definition) is 0. The van der Waals surface area contributed by atoms with Gasteiger partial charge < -0.3 is 9.13 Å². The number of hydrogen-bond donors (Lipinski definition) is 0. The van der Waals surface area contributed by atoms with Crippen molar-refractivity contribution in [3.63, 3.8) is 0 Å². The minimum absolute atomic E-state index is 1.11. The smallest absolute Gasteiger partial charge is 0.0548 e. The molecule has 2 nitrogen and oxygen atoms in total. The highest BCUT2D eigenvalue weighted by molar-refractivity contribution is 6.29. The second-order valence-electron chi connectivity index (χ2n) is 12.8. The molecular formula is C49H34N2. The molecule has 0 amide bonds. The third-order valence-electron chi connectivity index (χ3n) is 10.0. The molecule has 0 bridgehead atoms. The number of terminal acetylenes is 1. The third kappa shape index (κ3) is 5.07. The Morgan fingerprint density at radius 3 is 1.67 bits per heavy atom. The highest BCUT2D eigenvalue weighted by Gasteiger charge is 2.21. The topological polar surface area (TPSA) is 9.86 Å². The minimum atomic E-state index is 1.11. The highest BCUT2D eigenvalue weighted by atomic mass is 15.0. The molecule has 9 aromatic rings. The SMILES string of the molecule is C#C/C=C\C(=C/C)c1ccc(-c2cccc(-c3ccc4c(c3)c3c5c6ccccc6n(-c6ccccc6)c5ccc3n4-c3ccccc3)c2)cc1. The maximum absolute atomic E-state index is 5.46. The van der Waals surface area contributed by atoms with Crippen molar-refractivity contribution in [2.24, 2.45) is 0 Å². The van der Waals surface area contributed by atoms with Crippen molar-refractivity contribution in [1.29, 1.82) is 0 Å². The fourth-order valence-corrected chi connectivity index (χ4v) is 7.69. The van der Waals surface area contributed by atoms with Crippen LogP contribution < -0.4 is 0 Å². The van der Waals surface area contributed by atoms with E-state index in [0.29, 0.717) is 0 Å². The number of aromatic nitrogens is 2. The van der Waals surface area contributed by atoms with Gasteiger partial charge in [-0.15, -0.1) is 6.42 Å². The lowest BCUT2D eigenvalue weighted by molar-refractivity contribution is 1.17. The van der Waals surface area contributed by atoms with Crippen molar-refractivity contribution in [2.75, 3.05) is 0 Å². The first-order chi connectivity index (χ1) is 25.2. The average Bonchev–Trinajstić information content (AvgIpc) is 3.71. The van der Waals surface area contributed by atoms with E-state index in [1.165, 1.54) is 65.9 Å². The molecule has 2 aromatic heterocycles. The van der Waals surface area contributed by atoms with Crippen molar-refractivity contribution < 1.29 is 0 Å². The third-order valence-corrected chi connectivity index (χ3v) is 10.0. The van der Waals surface area contributed by atoms with E-state index in [1.54, 1.807) is 6.08 Å². The summed E-state index contributed by atoms with van der Waals surface area (Å²) in [6.45, 7) is 2.04. The molecule has 0 aliphatic carbocycles. The molecule has 2 heteroatoms. The fraction of sp³-hybridized carbons (Fsp3) is 0.0204. The number of benzene rings is 7.